The van der Waals surface area contributed by atoms with Gasteiger partial charge >= 0.3 is 0 Å². The lowest BCUT2D eigenvalue weighted by Crippen LogP contribution is -2.57. The largest absolute Gasteiger partial charge is 0.341 e. The minimum Gasteiger partial charge on any atom is -0.341 e. The number of hydrogen-bond donors (Lipinski definition) is 1. The van der Waals surface area contributed by atoms with Gasteiger partial charge in [-0.15, -0.1) is 0 Å². The molecule has 1 N–H and O–H groups in total. The molecule has 0 saturated heterocycles. The van der Waals surface area contributed by atoms with Gasteiger partial charge in [0.1, 0.15) is 0 Å². The van der Waals surface area contributed by atoms with Crippen molar-refractivity contribution in [2.24, 2.45) is 0 Å². The molecule has 130 valence electrons. The number of rotatable bonds is 8. The van der Waals surface area contributed by atoms with E-state index in [4.69, 9.17) is 9.47 Å². The summed E-state index contributed by atoms with van der Waals surface area (Å²) in [5, 5.41) is 3.50. The summed E-state index contributed by atoms with van der Waals surface area (Å²) >= 11 is 3.47. The molecule has 0 saturated carbocycles. The summed E-state index contributed by atoms with van der Waals surface area (Å²) in [6, 6.07) is 18.5. The van der Waals surface area contributed by atoms with Crippen LogP contribution in [0.15, 0.2) is 59.1 Å². The summed E-state index contributed by atoms with van der Waals surface area (Å²) in [6.45, 7) is 6.71. The molecular formula is C20H26BrNO2. The van der Waals surface area contributed by atoms with Crippen molar-refractivity contribution in [2.75, 3.05) is 7.11 Å². The lowest BCUT2D eigenvalue weighted by atomic mass is 9.94. The second-order valence-corrected chi connectivity index (χ2v) is 7.65. The molecule has 24 heavy (non-hydrogen) atoms. The fraction of sp³-hybridized carbons (Fsp3) is 0.400. The average molecular weight is 392 g/mol. The Morgan fingerprint density at radius 1 is 0.917 bits per heavy atom. The molecule has 2 aromatic rings. The van der Waals surface area contributed by atoms with Crippen LogP contribution in [-0.2, 0) is 22.5 Å². The van der Waals surface area contributed by atoms with Gasteiger partial charge in [0.05, 0.1) is 6.61 Å². The van der Waals surface area contributed by atoms with E-state index >= 15 is 0 Å². The van der Waals surface area contributed by atoms with E-state index in [0.717, 1.165) is 16.5 Å². The molecule has 0 aliphatic carbocycles. The van der Waals surface area contributed by atoms with Crippen LogP contribution in [0.2, 0.25) is 0 Å². The zero-order valence-electron chi connectivity index (χ0n) is 14.8. The van der Waals surface area contributed by atoms with E-state index < -0.39 is 5.91 Å². The molecule has 0 aromatic heterocycles. The summed E-state index contributed by atoms with van der Waals surface area (Å²) in [5.41, 5.74) is 2.19. The first-order valence-electron chi connectivity index (χ1n) is 8.09. The molecule has 0 amide bonds. The SMILES string of the molecule is COC(C)(NC(C)(C)Cc1ccc(Br)cc1)OCc1ccccc1. The first kappa shape index (κ1) is 19.1. The first-order valence-corrected chi connectivity index (χ1v) is 8.88. The Kier molecular flexibility index (Phi) is 6.58. The van der Waals surface area contributed by atoms with E-state index in [1.807, 2.05) is 37.3 Å². The van der Waals surface area contributed by atoms with Crippen molar-refractivity contribution >= 4 is 15.9 Å². The summed E-state index contributed by atoms with van der Waals surface area (Å²) in [4.78, 5) is 0. The van der Waals surface area contributed by atoms with Crippen LogP contribution < -0.4 is 5.32 Å². The molecule has 3 nitrogen and oxygen atoms in total. The van der Waals surface area contributed by atoms with Crippen molar-refractivity contribution in [3.05, 3.63) is 70.2 Å². The van der Waals surface area contributed by atoms with Gasteiger partial charge in [0.25, 0.3) is 0 Å². The third-order valence-electron chi connectivity index (χ3n) is 3.87. The fourth-order valence-corrected chi connectivity index (χ4v) is 2.98. The minimum absolute atomic E-state index is 0.185. The fourth-order valence-electron chi connectivity index (χ4n) is 2.71. The first-order chi connectivity index (χ1) is 11.3. The molecule has 0 heterocycles. The highest BCUT2D eigenvalue weighted by molar-refractivity contribution is 9.10. The van der Waals surface area contributed by atoms with E-state index in [2.05, 4.69) is 59.4 Å². The van der Waals surface area contributed by atoms with Crippen LogP contribution in [0.4, 0.5) is 0 Å². The topological polar surface area (TPSA) is 30.5 Å². The van der Waals surface area contributed by atoms with Crippen LogP contribution in [0.5, 0.6) is 0 Å². The summed E-state index contributed by atoms with van der Waals surface area (Å²) in [7, 11) is 1.66. The molecule has 0 aliphatic heterocycles. The van der Waals surface area contributed by atoms with Gasteiger partial charge in [-0.05, 0) is 43.5 Å². The van der Waals surface area contributed by atoms with Crippen molar-refractivity contribution in [1.29, 1.82) is 0 Å². The molecule has 4 heteroatoms. The average Bonchev–Trinajstić information content (AvgIpc) is 2.55. The standard InChI is InChI=1S/C20H26BrNO2/c1-19(2,14-16-10-12-18(21)13-11-16)22-20(3,23-4)24-15-17-8-6-5-7-9-17/h5-13,22H,14-15H2,1-4H3. The van der Waals surface area contributed by atoms with E-state index in [9.17, 15) is 0 Å². The lowest BCUT2D eigenvalue weighted by molar-refractivity contribution is -0.247. The van der Waals surface area contributed by atoms with Gasteiger partial charge in [-0.3, -0.25) is 5.32 Å². The van der Waals surface area contributed by atoms with Gasteiger partial charge in [0.15, 0.2) is 0 Å². The Labute approximate surface area is 153 Å². The third kappa shape index (κ3) is 6.02. The van der Waals surface area contributed by atoms with Gasteiger partial charge < -0.3 is 9.47 Å². The zero-order valence-corrected chi connectivity index (χ0v) is 16.4. The van der Waals surface area contributed by atoms with Crippen LogP contribution in [-0.4, -0.2) is 18.6 Å². The van der Waals surface area contributed by atoms with E-state index in [1.54, 1.807) is 7.11 Å². The molecule has 0 spiro atoms. The van der Waals surface area contributed by atoms with E-state index in [-0.39, 0.29) is 5.54 Å². The highest BCUT2D eigenvalue weighted by Crippen LogP contribution is 2.21. The van der Waals surface area contributed by atoms with Crippen molar-refractivity contribution in [3.8, 4) is 0 Å². The van der Waals surface area contributed by atoms with Gasteiger partial charge in [-0.1, -0.05) is 58.4 Å². The molecule has 2 rings (SSSR count). The minimum atomic E-state index is -0.852. The second kappa shape index (κ2) is 8.26. The van der Waals surface area contributed by atoms with Gasteiger partial charge in [0.2, 0.25) is 5.91 Å². The number of ether oxygens (including phenoxy) is 2. The Bertz CT molecular complexity index is 628. The van der Waals surface area contributed by atoms with Crippen LogP contribution in [0.25, 0.3) is 0 Å². The highest BCUT2D eigenvalue weighted by Gasteiger charge is 2.32. The Morgan fingerprint density at radius 3 is 2.12 bits per heavy atom. The van der Waals surface area contributed by atoms with Crippen molar-refractivity contribution in [2.45, 2.75) is 45.2 Å². The molecule has 0 bridgehead atoms. The summed E-state index contributed by atoms with van der Waals surface area (Å²) in [5.74, 6) is -0.852. The normalized spacial score (nSPS) is 14.4. The molecule has 0 radical (unpaired) electrons. The molecule has 0 aliphatic rings. The van der Waals surface area contributed by atoms with Gasteiger partial charge in [-0.25, -0.2) is 0 Å². The molecular weight excluding hydrogens is 366 g/mol. The number of methoxy groups -OCH3 is 1. The molecule has 2 aromatic carbocycles. The monoisotopic (exact) mass is 391 g/mol. The van der Waals surface area contributed by atoms with Crippen LogP contribution in [0.3, 0.4) is 0 Å². The molecule has 0 fully saturated rings. The van der Waals surface area contributed by atoms with Gasteiger partial charge in [0, 0.05) is 24.0 Å². The zero-order chi connectivity index (χ0) is 17.6. The molecule has 1 unspecified atom stereocenters. The van der Waals surface area contributed by atoms with Crippen molar-refractivity contribution in [1.82, 2.24) is 5.32 Å². The smallest absolute Gasteiger partial charge is 0.224 e. The number of nitrogens with one attached hydrogen (secondary N) is 1. The number of halogens is 1. The van der Waals surface area contributed by atoms with Crippen LogP contribution >= 0.6 is 15.9 Å². The predicted octanol–water partition coefficient (Wildman–Crippen LogP) is 4.90. The van der Waals surface area contributed by atoms with Crippen LogP contribution in [0, 0.1) is 0 Å². The Hall–Kier alpha value is -1.20. The van der Waals surface area contributed by atoms with Gasteiger partial charge in [-0.2, -0.15) is 0 Å². The number of hydrogen-bond acceptors (Lipinski definition) is 3. The van der Waals surface area contributed by atoms with Crippen LogP contribution in [0.1, 0.15) is 31.9 Å². The maximum atomic E-state index is 6.02. The quantitative estimate of drug-likeness (QED) is 0.649. The highest BCUT2D eigenvalue weighted by atomic mass is 79.9. The summed E-state index contributed by atoms with van der Waals surface area (Å²) < 4.78 is 12.7. The number of benzene rings is 2. The maximum absolute atomic E-state index is 6.02. The lowest BCUT2D eigenvalue weighted by Gasteiger charge is -2.38. The molecule has 1 atom stereocenters. The van der Waals surface area contributed by atoms with E-state index in [0.29, 0.717) is 6.61 Å². The predicted molar refractivity (Wildman–Crippen MR) is 102 cm³/mol. The maximum Gasteiger partial charge on any atom is 0.224 e. The second-order valence-electron chi connectivity index (χ2n) is 6.74. The van der Waals surface area contributed by atoms with Crippen molar-refractivity contribution in [3.63, 3.8) is 0 Å². The third-order valence-corrected chi connectivity index (χ3v) is 4.40. The Morgan fingerprint density at radius 2 is 1.54 bits per heavy atom. The Balaban J connectivity index is 1.99. The van der Waals surface area contributed by atoms with E-state index in [1.165, 1.54) is 5.56 Å². The van der Waals surface area contributed by atoms with Crippen molar-refractivity contribution < 1.29 is 9.47 Å². The summed E-state index contributed by atoms with van der Waals surface area (Å²) in [6.07, 6.45) is 0.869.